The number of hydrogen-bond donors (Lipinski definition) is 1. The molecule has 0 aliphatic heterocycles. The van der Waals surface area contributed by atoms with E-state index in [2.05, 4.69) is 0 Å². The van der Waals surface area contributed by atoms with Crippen LogP contribution in [0.25, 0.3) is 28.4 Å². The first-order valence-electron chi connectivity index (χ1n) is 8.43. The molecule has 0 saturated carbocycles. The van der Waals surface area contributed by atoms with Crippen molar-refractivity contribution in [3.05, 3.63) is 81.7 Å². The predicted octanol–water partition coefficient (Wildman–Crippen LogP) is 6.91. The third-order valence-electron chi connectivity index (χ3n) is 4.34. The molecule has 4 rings (SSSR count). The molecule has 0 aliphatic carbocycles. The van der Waals surface area contributed by atoms with Gasteiger partial charge < -0.3 is 13.9 Å². The van der Waals surface area contributed by atoms with Crippen molar-refractivity contribution in [3.8, 4) is 17.1 Å². The van der Waals surface area contributed by atoms with E-state index in [1.807, 2.05) is 0 Å². The summed E-state index contributed by atoms with van der Waals surface area (Å²) in [5, 5.41) is 11.1. The molecule has 2 aromatic carbocycles. The molecule has 0 bridgehead atoms. The zero-order valence-corrected chi connectivity index (χ0v) is 16.2. The van der Waals surface area contributed by atoms with Gasteiger partial charge in [-0.15, -0.1) is 0 Å². The van der Waals surface area contributed by atoms with Crippen molar-refractivity contribution in [3.63, 3.8) is 0 Å². The van der Waals surface area contributed by atoms with E-state index in [1.165, 1.54) is 18.2 Å². The number of halogens is 2. The lowest BCUT2D eigenvalue weighted by atomic mass is 10.1. The fourth-order valence-corrected chi connectivity index (χ4v) is 3.43. The Morgan fingerprint density at radius 1 is 1.07 bits per heavy atom. The standard InChI is InChI=1S/C22H14Cl2O4/c1-12-21(16-11-13(25)5-9-20(16)27-12)18(26)8-6-14-7-10-19(28-14)15-3-2-4-17(23)22(15)24/h2-11,25H,1H3. The first kappa shape index (κ1) is 18.4. The Morgan fingerprint density at radius 2 is 1.89 bits per heavy atom. The maximum absolute atomic E-state index is 12.7. The third kappa shape index (κ3) is 3.33. The number of fused-ring (bicyclic) bond motifs is 1. The van der Waals surface area contributed by atoms with Crippen LogP contribution in [0.3, 0.4) is 0 Å². The van der Waals surface area contributed by atoms with Crippen molar-refractivity contribution in [1.82, 2.24) is 0 Å². The van der Waals surface area contributed by atoms with Crippen molar-refractivity contribution in [2.24, 2.45) is 0 Å². The number of carbonyl (C=O) groups is 1. The highest BCUT2D eigenvalue weighted by Gasteiger charge is 2.17. The molecule has 0 radical (unpaired) electrons. The number of rotatable bonds is 4. The van der Waals surface area contributed by atoms with Crippen molar-refractivity contribution in [1.29, 1.82) is 0 Å². The van der Waals surface area contributed by atoms with Crippen LogP contribution >= 0.6 is 23.2 Å². The van der Waals surface area contributed by atoms with E-state index < -0.39 is 0 Å². The summed E-state index contributed by atoms with van der Waals surface area (Å²) in [5.41, 5.74) is 1.63. The predicted molar refractivity (Wildman–Crippen MR) is 110 cm³/mol. The maximum Gasteiger partial charge on any atom is 0.190 e. The normalized spacial score (nSPS) is 11.5. The lowest BCUT2D eigenvalue weighted by Gasteiger charge is -2.01. The number of carbonyl (C=O) groups excluding carboxylic acids is 1. The second kappa shape index (κ2) is 7.23. The minimum absolute atomic E-state index is 0.0698. The minimum Gasteiger partial charge on any atom is -0.508 e. The van der Waals surface area contributed by atoms with Gasteiger partial charge in [0, 0.05) is 10.9 Å². The number of aryl methyl sites for hydroxylation is 1. The van der Waals surface area contributed by atoms with Crippen LogP contribution in [0, 0.1) is 6.92 Å². The average molecular weight is 413 g/mol. The summed E-state index contributed by atoms with van der Waals surface area (Å²) >= 11 is 12.3. The number of aromatic hydroxyl groups is 1. The zero-order chi connectivity index (χ0) is 19.8. The van der Waals surface area contributed by atoms with E-state index >= 15 is 0 Å². The van der Waals surface area contributed by atoms with E-state index in [0.717, 1.165) is 0 Å². The zero-order valence-electron chi connectivity index (χ0n) is 14.7. The quantitative estimate of drug-likeness (QED) is 0.292. The summed E-state index contributed by atoms with van der Waals surface area (Å²) in [6.07, 6.45) is 2.98. The Hall–Kier alpha value is -2.95. The third-order valence-corrected chi connectivity index (χ3v) is 5.16. The molecule has 0 amide bonds. The summed E-state index contributed by atoms with van der Waals surface area (Å²) in [5.74, 6) is 1.35. The van der Waals surface area contributed by atoms with Gasteiger partial charge in [0.15, 0.2) is 5.78 Å². The van der Waals surface area contributed by atoms with E-state index in [0.29, 0.717) is 49.4 Å². The van der Waals surface area contributed by atoms with Gasteiger partial charge >= 0.3 is 0 Å². The van der Waals surface area contributed by atoms with Crippen LogP contribution in [0.2, 0.25) is 10.0 Å². The second-order valence-electron chi connectivity index (χ2n) is 6.21. The Labute approximate surface area is 170 Å². The number of phenols is 1. The van der Waals surface area contributed by atoms with E-state index in [-0.39, 0.29) is 11.5 Å². The molecule has 0 spiro atoms. The summed E-state index contributed by atoms with van der Waals surface area (Å²) in [7, 11) is 0. The minimum atomic E-state index is -0.249. The Kier molecular flexibility index (Phi) is 4.75. The van der Waals surface area contributed by atoms with Crippen LogP contribution in [-0.2, 0) is 0 Å². The van der Waals surface area contributed by atoms with E-state index in [1.54, 1.807) is 49.4 Å². The van der Waals surface area contributed by atoms with Gasteiger partial charge in [-0.2, -0.15) is 0 Å². The molecule has 0 fully saturated rings. The molecule has 4 aromatic rings. The summed E-state index contributed by atoms with van der Waals surface area (Å²) in [6.45, 7) is 1.71. The molecule has 0 saturated heterocycles. The summed E-state index contributed by atoms with van der Waals surface area (Å²) in [6, 6.07) is 13.4. The van der Waals surface area contributed by atoms with Gasteiger partial charge in [-0.3, -0.25) is 4.79 Å². The van der Waals surface area contributed by atoms with Crippen LogP contribution in [0.5, 0.6) is 5.75 Å². The molecule has 28 heavy (non-hydrogen) atoms. The molecule has 2 aromatic heterocycles. The Bertz CT molecular complexity index is 1230. The van der Waals surface area contributed by atoms with Gasteiger partial charge in [0.2, 0.25) is 0 Å². The molecule has 0 aliphatic rings. The van der Waals surface area contributed by atoms with Crippen LogP contribution in [0.4, 0.5) is 0 Å². The fraction of sp³-hybridized carbons (Fsp3) is 0.0455. The average Bonchev–Trinajstić information content (AvgIpc) is 3.25. The molecule has 4 nitrogen and oxygen atoms in total. The highest BCUT2D eigenvalue weighted by molar-refractivity contribution is 6.43. The Morgan fingerprint density at radius 3 is 2.71 bits per heavy atom. The SMILES string of the molecule is Cc1oc2ccc(O)cc2c1C(=O)C=Cc1ccc(-c2cccc(Cl)c2Cl)o1. The second-order valence-corrected chi connectivity index (χ2v) is 7.00. The number of benzene rings is 2. The topological polar surface area (TPSA) is 63.6 Å². The van der Waals surface area contributed by atoms with Crippen molar-refractivity contribution in [2.45, 2.75) is 6.92 Å². The molecular formula is C22H14Cl2O4. The van der Waals surface area contributed by atoms with Crippen LogP contribution in [-0.4, -0.2) is 10.9 Å². The van der Waals surface area contributed by atoms with Crippen molar-refractivity contribution >= 4 is 46.0 Å². The Balaban J connectivity index is 1.63. The van der Waals surface area contributed by atoms with Crippen molar-refractivity contribution in [2.75, 3.05) is 0 Å². The number of allylic oxidation sites excluding steroid dienone is 1. The highest BCUT2D eigenvalue weighted by Crippen LogP contribution is 2.34. The van der Waals surface area contributed by atoms with E-state index in [4.69, 9.17) is 32.0 Å². The number of ketones is 1. The molecule has 2 heterocycles. The summed E-state index contributed by atoms with van der Waals surface area (Å²) < 4.78 is 11.4. The largest absolute Gasteiger partial charge is 0.508 e. The monoisotopic (exact) mass is 412 g/mol. The highest BCUT2D eigenvalue weighted by atomic mass is 35.5. The van der Waals surface area contributed by atoms with E-state index in [9.17, 15) is 9.90 Å². The molecule has 140 valence electrons. The van der Waals surface area contributed by atoms with Crippen LogP contribution in [0.1, 0.15) is 21.9 Å². The van der Waals surface area contributed by atoms with Gasteiger partial charge in [-0.05, 0) is 61.5 Å². The van der Waals surface area contributed by atoms with Crippen LogP contribution in [0.15, 0.2) is 63.4 Å². The number of furan rings is 2. The summed E-state index contributed by atoms with van der Waals surface area (Å²) in [4.78, 5) is 12.7. The maximum atomic E-state index is 12.7. The molecule has 1 N–H and O–H groups in total. The lowest BCUT2D eigenvalue weighted by Crippen LogP contribution is -1.94. The molecule has 6 heteroatoms. The van der Waals surface area contributed by atoms with Crippen molar-refractivity contribution < 1.29 is 18.7 Å². The molecule has 0 atom stereocenters. The molecule has 0 unspecified atom stereocenters. The fourth-order valence-electron chi connectivity index (χ4n) is 3.04. The van der Waals surface area contributed by atoms with Gasteiger partial charge in [-0.25, -0.2) is 0 Å². The first-order chi connectivity index (χ1) is 13.4. The van der Waals surface area contributed by atoms with Crippen LogP contribution < -0.4 is 0 Å². The lowest BCUT2D eigenvalue weighted by molar-refractivity contribution is 0.104. The van der Waals surface area contributed by atoms with Gasteiger partial charge in [0.25, 0.3) is 0 Å². The van der Waals surface area contributed by atoms with Gasteiger partial charge in [0.1, 0.15) is 28.6 Å². The molecular weight excluding hydrogens is 399 g/mol. The van der Waals surface area contributed by atoms with Gasteiger partial charge in [0.05, 0.1) is 15.6 Å². The van der Waals surface area contributed by atoms with Gasteiger partial charge in [-0.1, -0.05) is 29.3 Å². The number of hydrogen-bond acceptors (Lipinski definition) is 4. The smallest absolute Gasteiger partial charge is 0.190 e. The number of phenolic OH excluding ortho intramolecular Hbond substituents is 1. The first-order valence-corrected chi connectivity index (χ1v) is 9.18.